The van der Waals surface area contributed by atoms with Gasteiger partial charge in [0.2, 0.25) is 0 Å². The van der Waals surface area contributed by atoms with Crippen molar-refractivity contribution in [2.45, 2.75) is 59.4 Å². The molecule has 0 aromatic heterocycles. The van der Waals surface area contributed by atoms with Crippen molar-refractivity contribution in [1.29, 1.82) is 0 Å². The van der Waals surface area contributed by atoms with E-state index in [1.807, 2.05) is 0 Å². The molecule has 14 heavy (non-hydrogen) atoms. The molecule has 2 unspecified atom stereocenters. The van der Waals surface area contributed by atoms with Crippen LogP contribution in [-0.4, -0.2) is 11.8 Å². The molecular formula is C13H23N. The summed E-state index contributed by atoms with van der Waals surface area (Å²) in [5.74, 6) is 1.49. The summed E-state index contributed by atoms with van der Waals surface area (Å²) in [4.78, 5) is 4.86. The van der Waals surface area contributed by atoms with Crippen LogP contribution in [0.4, 0.5) is 0 Å². The largest absolute Gasteiger partial charge is 0.291 e. The van der Waals surface area contributed by atoms with Gasteiger partial charge in [-0.15, -0.1) is 0 Å². The van der Waals surface area contributed by atoms with Crippen LogP contribution in [0, 0.1) is 17.3 Å². The second kappa shape index (κ2) is 3.36. The summed E-state index contributed by atoms with van der Waals surface area (Å²) in [6.45, 7) is 9.57. The fraction of sp³-hybridized carbons (Fsp3) is 0.923. The minimum Gasteiger partial charge on any atom is -0.291 e. The zero-order chi connectivity index (χ0) is 10.3. The molecule has 0 aromatic rings. The Labute approximate surface area is 88.0 Å². The number of aliphatic imine (C=N–C) groups is 1. The summed E-state index contributed by atoms with van der Waals surface area (Å²) in [6, 6.07) is 0.709. The summed E-state index contributed by atoms with van der Waals surface area (Å²) < 4.78 is 0. The highest BCUT2D eigenvalue weighted by Gasteiger charge is 2.37. The SMILES string of the molecule is CC1/C(=N\C2CC2)CCC(C)(C)C1C. The Hall–Kier alpha value is -0.330. The predicted octanol–water partition coefficient (Wildman–Crippen LogP) is 3.68. The summed E-state index contributed by atoms with van der Waals surface area (Å²) >= 11 is 0. The molecule has 0 aromatic carbocycles. The maximum atomic E-state index is 4.86. The van der Waals surface area contributed by atoms with Gasteiger partial charge in [-0.2, -0.15) is 0 Å². The molecular weight excluding hydrogens is 170 g/mol. The normalized spacial score (nSPS) is 40.1. The molecule has 2 aliphatic rings. The van der Waals surface area contributed by atoms with E-state index in [0.29, 0.717) is 17.4 Å². The van der Waals surface area contributed by atoms with Gasteiger partial charge >= 0.3 is 0 Å². The van der Waals surface area contributed by atoms with Crippen molar-refractivity contribution in [3.8, 4) is 0 Å². The van der Waals surface area contributed by atoms with E-state index < -0.39 is 0 Å². The van der Waals surface area contributed by atoms with Crippen LogP contribution < -0.4 is 0 Å². The average molecular weight is 193 g/mol. The summed E-state index contributed by atoms with van der Waals surface area (Å²) in [7, 11) is 0. The third-order valence-electron chi connectivity index (χ3n) is 4.43. The maximum absolute atomic E-state index is 4.86. The van der Waals surface area contributed by atoms with Gasteiger partial charge in [-0.3, -0.25) is 4.99 Å². The molecule has 2 rings (SSSR count). The summed E-state index contributed by atoms with van der Waals surface area (Å²) in [6.07, 6.45) is 5.25. The van der Waals surface area contributed by atoms with E-state index in [0.717, 1.165) is 5.92 Å². The van der Waals surface area contributed by atoms with Gasteiger partial charge in [-0.1, -0.05) is 27.7 Å². The molecule has 0 saturated heterocycles. The zero-order valence-corrected chi connectivity index (χ0v) is 10.0. The summed E-state index contributed by atoms with van der Waals surface area (Å²) in [5, 5.41) is 0. The monoisotopic (exact) mass is 193 g/mol. The molecule has 2 atom stereocenters. The average Bonchev–Trinajstić information content (AvgIpc) is 2.91. The number of hydrogen-bond acceptors (Lipinski definition) is 1. The molecule has 80 valence electrons. The van der Waals surface area contributed by atoms with Gasteiger partial charge in [0.25, 0.3) is 0 Å². The molecule has 0 bridgehead atoms. The van der Waals surface area contributed by atoms with Crippen LogP contribution in [0.3, 0.4) is 0 Å². The van der Waals surface area contributed by atoms with Gasteiger partial charge in [-0.05, 0) is 42.9 Å². The standard InChI is InChI=1S/C13H23N/c1-9-10(2)13(3,4)8-7-12(9)14-11-5-6-11/h9-11H,5-8H2,1-4H3/b14-12-. The van der Waals surface area contributed by atoms with Crippen molar-refractivity contribution in [2.24, 2.45) is 22.2 Å². The van der Waals surface area contributed by atoms with E-state index in [9.17, 15) is 0 Å². The lowest BCUT2D eigenvalue weighted by Gasteiger charge is -2.41. The van der Waals surface area contributed by atoms with E-state index in [-0.39, 0.29) is 0 Å². The molecule has 1 heteroatoms. The minimum atomic E-state index is 0.516. The van der Waals surface area contributed by atoms with Crippen molar-refractivity contribution in [1.82, 2.24) is 0 Å². The number of hydrogen-bond donors (Lipinski definition) is 0. The Morgan fingerprint density at radius 3 is 2.43 bits per heavy atom. The molecule has 0 N–H and O–H groups in total. The van der Waals surface area contributed by atoms with Gasteiger partial charge in [0.05, 0.1) is 6.04 Å². The fourth-order valence-electron chi connectivity index (χ4n) is 2.49. The topological polar surface area (TPSA) is 12.4 Å². The van der Waals surface area contributed by atoms with Crippen LogP contribution in [-0.2, 0) is 0 Å². The van der Waals surface area contributed by atoms with Gasteiger partial charge in [0.1, 0.15) is 0 Å². The third-order valence-corrected chi connectivity index (χ3v) is 4.43. The highest BCUT2D eigenvalue weighted by molar-refractivity contribution is 5.88. The Bertz CT molecular complexity index is 248. The van der Waals surface area contributed by atoms with E-state index in [2.05, 4.69) is 27.7 Å². The van der Waals surface area contributed by atoms with Gasteiger partial charge < -0.3 is 0 Å². The Morgan fingerprint density at radius 1 is 1.21 bits per heavy atom. The van der Waals surface area contributed by atoms with E-state index in [1.165, 1.54) is 31.4 Å². The third kappa shape index (κ3) is 1.87. The van der Waals surface area contributed by atoms with E-state index in [4.69, 9.17) is 4.99 Å². The lowest BCUT2D eigenvalue weighted by atomic mass is 9.64. The Kier molecular flexibility index (Phi) is 2.45. The lowest BCUT2D eigenvalue weighted by molar-refractivity contribution is 0.164. The van der Waals surface area contributed by atoms with E-state index in [1.54, 1.807) is 0 Å². The predicted molar refractivity (Wildman–Crippen MR) is 61.8 cm³/mol. The van der Waals surface area contributed by atoms with Gasteiger partial charge in [0.15, 0.2) is 0 Å². The van der Waals surface area contributed by atoms with Crippen LogP contribution in [0.2, 0.25) is 0 Å². The van der Waals surface area contributed by atoms with Crippen LogP contribution in [0.15, 0.2) is 4.99 Å². The minimum absolute atomic E-state index is 0.516. The van der Waals surface area contributed by atoms with Crippen molar-refractivity contribution in [3.05, 3.63) is 0 Å². The molecule has 2 saturated carbocycles. The second-order valence-electron chi connectivity index (χ2n) is 5.92. The van der Waals surface area contributed by atoms with Crippen LogP contribution in [0.25, 0.3) is 0 Å². The first-order chi connectivity index (χ1) is 6.50. The highest BCUT2D eigenvalue weighted by Crippen LogP contribution is 2.43. The highest BCUT2D eigenvalue weighted by atomic mass is 14.9. The van der Waals surface area contributed by atoms with E-state index >= 15 is 0 Å². The molecule has 0 heterocycles. The molecule has 0 radical (unpaired) electrons. The second-order valence-corrected chi connectivity index (χ2v) is 5.92. The molecule has 2 fully saturated rings. The molecule has 0 amide bonds. The first-order valence-electron chi connectivity index (χ1n) is 6.07. The number of nitrogens with zero attached hydrogens (tertiary/aromatic N) is 1. The zero-order valence-electron chi connectivity index (χ0n) is 10.0. The maximum Gasteiger partial charge on any atom is 0.0500 e. The van der Waals surface area contributed by atoms with Crippen molar-refractivity contribution < 1.29 is 0 Å². The first kappa shape index (κ1) is 10.2. The van der Waals surface area contributed by atoms with Gasteiger partial charge in [-0.25, -0.2) is 0 Å². The lowest BCUT2D eigenvalue weighted by Crippen LogP contribution is -2.37. The molecule has 1 nitrogen and oxygen atoms in total. The Balaban J connectivity index is 2.09. The van der Waals surface area contributed by atoms with Gasteiger partial charge in [0, 0.05) is 5.71 Å². The van der Waals surface area contributed by atoms with Crippen molar-refractivity contribution >= 4 is 5.71 Å². The smallest absolute Gasteiger partial charge is 0.0500 e. The number of rotatable bonds is 1. The van der Waals surface area contributed by atoms with Crippen LogP contribution >= 0.6 is 0 Å². The van der Waals surface area contributed by atoms with Crippen LogP contribution in [0.5, 0.6) is 0 Å². The van der Waals surface area contributed by atoms with Crippen LogP contribution in [0.1, 0.15) is 53.4 Å². The quantitative estimate of drug-likeness (QED) is 0.602. The van der Waals surface area contributed by atoms with Crippen molar-refractivity contribution in [3.63, 3.8) is 0 Å². The molecule has 2 aliphatic carbocycles. The van der Waals surface area contributed by atoms with Crippen molar-refractivity contribution in [2.75, 3.05) is 0 Å². The first-order valence-corrected chi connectivity index (χ1v) is 6.07. The molecule has 0 spiro atoms. The fourth-order valence-corrected chi connectivity index (χ4v) is 2.49. The molecule has 0 aliphatic heterocycles. The Morgan fingerprint density at radius 2 is 1.86 bits per heavy atom. The summed E-state index contributed by atoms with van der Waals surface area (Å²) in [5.41, 5.74) is 2.03.